The van der Waals surface area contributed by atoms with E-state index in [1.807, 2.05) is 20.8 Å². The molecule has 0 aromatic heterocycles. The van der Waals surface area contributed by atoms with Crippen molar-refractivity contribution < 1.29 is 13.2 Å². The van der Waals surface area contributed by atoms with Crippen molar-refractivity contribution >= 4 is 36.5 Å². The van der Waals surface area contributed by atoms with E-state index in [0.717, 1.165) is 11.2 Å². The van der Waals surface area contributed by atoms with E-state index < -0.39 is 12.6 Å². The Hall–Kier alpha value is -0.690. The molecule has 0 unspecified atom stereocenters. The molecule has 0 aliphatic rings. The summed E-state index contributed by atoms with van der Waals surface area (Å²) in [4.78, 5) is 0. The lowest BCUT2D eigenvalue weighted by Gasteiger charge is -2.16. The van der Waals surface area contributed by atoms with E-state index in [9.17, 15) is 13.2 Å². The lowest BCUT2D eigenvalue weighted by molar-refractivity contribution is -0.126. The van der Waals surface area contributed by atoms with E-state index >= 15 is 0 Å². The lowest BCUT2D eigenvalue weighted by Crippen LogP contribution is -2.15. The Morgan fingerprint density at radius 2 is 1.89 bits per heavy atom. The van der Waals surface area contributed by atoms with Crippen LogP contribution >= 0.6 is 23.5 Å². The standard InChI is InChI=1S/C11H17ClF3N3S/c1-10(2,3)19-17-7-8(6-11(13,14)15)9(12)18(5)16-4/h7H,4,6H2,1-3,5H3/b9-8+,17-7?. The van der Waals surface area contributed by atoms with Crippen LogP contribution in [0.2, 0.25) is 0 Å². The van der Waals surface area contributed by atoms with E-state index in [1.54, 1.807) is 0 Å². The molecule has 0 saturated carbocycles. The number of hydrazone groups is 1. The molecule has 8 heteroatoms. The summed E-state index contributed by atoms with van der Waals surface area (Å²) < 4.78 is 41.1. The van der Waals surface area contributed by atoms with E-state index in [1.165, 1.54) is 19.0 Å². The monoisotopic (exact) mass is 315 g/mol. The van der Waals surface area contributed by atoms with Crippen molar-refractivity contribution in [1.29, 1.82) is 0 Å². The average molecular weight is 316 g/mol. The van der Waals surface area contributed by atoms with Gasteiger partial charge in [-0.25, -0.2) is 4.40 Å². The predicted molar refractivity (Wildman–Crippen MR) is 76.7 cm³/mol. The molecule has 0 aliphatic heterocycles. The first kappa shape index (κ1) is 18.3. The molecule has 0 saturated heterocycles. The summed E-state index contributed by atoms with van der Waals surface area (Å²) in [6, 6.07) is 0. The summed E-state index contributed by atoms with van der Waals surface area (Å²) >= 11 is 6.99. The minimum atomic E-state index is -4.37. The number of allylic oxidation sites excluding steroid dienone is 1. The van der Waals surface area contributed by atoms with E-state index in [-0.39, 0.29) is 15.5 Å². The van der Waals surface area contributed by atoms with Crippen LogP contribution in [0.25, 0.3) is 0 Å². The molecular formula is C11H17ClF3N3S. The average Bonchev–Trinajstić information content (AvgIpc) is 2.22. The summed E-state index contributed by atoms with van der Waals surface area (Å²) in [5.41, 5.74) is -0.152. The van der Waals surface area contributed by atoms with Crippen LogP contribution in [-0.4, -0.2) is 35.9 Å². The third-order valence-corrected chi connectivity index (χ3v) is 2.93. The van der Waals surface area contributed by atoms with E-state index in [4.69, 9.17) is 11.6 Å². The number of alkyl halides is 3. The number of halogens is 4. The molecular weight excluding hydrogens is 299 g/mol. The Balaban J connectivity index is 5.14. The quantitative estimate of drug-likeness (QED) is 0.324. The van der Waals surface area contributed by atoms with Crippen LogP contribution in [0, 0.1) is 0 Å². The van der Waals surface area contributed by atoms with Crippen LogP contribution in [0.4, 0.5) is 13.2 Å². The van der Waals surface area contributed by atoms with Gasteiger partial charge in [0.25, 0.3) is 0 Å². The third-order valence-electron chi connectivity index (χ3n) is 1.69. The van der Waals surface area contributed by atoms with Crippen LogP contribution in [-0.2, 0) is 0 Å². The highest BCUT2D eigenvalue weighted by Gasteiger charge is 2.30. The van der Waals surface area contributed by atoms with Crippen LogP contribution in [0.15, 0.2) is 20.2 Å². The molecule has 0 fully saturated rings. The Morgan fingerprint density at radius 3 is 2.26 bits per heavy atom. The molecule has 0 spiro atoms. The number of nitrogens with zero attached hydrogens (tertiary/aromatic N) is 3. The molecule has 3 nitrogen and oxygen atoms in total. The van der Waals surface area contributed by atoms with Crippen LogP contribution in [0.3, 0.4) is 0 Å². The Bertz CT molecular complexity index is 372. The molecule has 110 valence electrons. The van der Waals surface area contributed by atoms with Gasteiger partial charge in [0, 0.05) is 30.3 Å². The maximum atomic E-state index is 12.5. The molecule has 0 aliphatic carbocycles. The van der Waals surface area contributed by atoms with Crippen molar-refractivity contribution in [2.45, 2.75) is 38.1 Å². The predicted octanol–water partition coefficient (Wildman–Crippen LogP) is 4.45. The molecule has 0 aromatic carbocycles. The van der Waals surface area contributed by atoms with Crippen LogP contribution < -0.4 is 0 Å². The van der Waals surface area contributed by atoms with Gasteiger partial charge in [0.2, 0.25) is 0 Å². The summed E-state index contributed by atoms with van der Waals surface area (Å²) in [7, 11) is 1.41. The lowest BCUT2D eigenvalue weighted by atomic mass is 10.2. The van der Waals surface area contributed by atoms with Crippen LogP contribution in [0.5, 0.6) is 0 Å². The molecule has 0 N–H and O–H groups in total. The highest BCUT2D eigenvalue weighted by molar-refractivity contribution is 7.99. The van der Waals surface area contributed by atoms with Gasteiger partial charge in [-0.2, -0.15) is 18.3 Å². The highest BCUT2D eigenvalue weighted by atomic mass is 35.5. The minimum Gasteiger partial charge on any atom is -0.257 e. The number of hydrogen-bond donors (Lipinski definition) is 0. The smallest absolute Gasteiger partial charge is 0.257 e. The zero-order chi connectivity index (χ0) is 15.3. The molecule has 0 bridgehead atoms. The Labute approximate surface area is 120 Å². The molecule has 0 amide bonds. The molecule has 0 rings (SSSR count). The van der Waals surface area contributed by atoms with Gasteiger partial charge in [0.1, 0.15) is 5.16 Å². The zero-order valence-corrected chi connectivity index (χ0v) is 12.8. The van der Waals surface area contributed by atoms with Gasteiger partial charge in [-0.15, -0.1) is 0 Å². The van der Waals surface area contributed by atoms with Gasteiger partial charge in [-0.3, -0.25) is 5.01 Å². The summed E-state index contributed by atoms with van der Waals surface area (Å²) in [6.07, 6.45) is -4.41. The Morgan fingerprint density at radius 1 is 1.37 bits per heavy atom. The fourth-order valence-corrected chi connectivity index (χ4v) is 1.57. The molecule has 0 aromatic rings. The Kier molecular flexibility index (Phi) is 6.93. The minimum absolute atomic E-state index is 0.148. The van der Waals surface area contributed by atoms with Crippen molar-refractivity contribution in [3.05, 3.63) is 10.7 Å². The van der Waals surface area contributed by atoms with Crippen molar-refractivity contribution in [3.8, 4) is 0 Å². The zero-order valence-electron chi connectivity index (χ0n) is 11.3. The maximum Gasteiger partial charge on any atom is 0.393 e. The van der Waals surface area contributed by atoms with Crippen molar-refractivity contribution in [1.82, 2.24) is 5.01 Å². The first-order valence-electron chi connectivity index (χ1n) is 5.33. The summed E-state index contributed by atoms with van der Waals surface area (Å²) in [5.74, 6) is 0. The maximum absolute atomic E-state index is 12.5. The highest BCUT2D eigenvalue weighted by Crippen LogP contribution is 2.29. The second kappa shape index (κ2) is 7.19. The fraction of sp³-hybridized carbons (Fsp3) is 0.636. The van der Waals surface area contributed by atoms with Gasteiger partial charge < -0.3 is 0 Å². The van der Waals surface area contributed by atoms with E-state index in [2.05, 4.69) is 16.2 Å². The first-order chi connectivity index (χ1) is 8.46. The summed E-state index contributed by atoms with van der Waals surface area (Å²) in [6.45, 7) is 8.92. The second-order valence-electron chi connectivity index (χ2n) is 4.71. The molecule has 0 radical (unpaired) electrons. The fourth-order valence-electron chi connectivity index (χ4n) is 0.906. The summed E-state index contributed by atoms with van der Waals surface area (Å²) in [5, 5.41) is 4.37. The number of hydrogen-bond acceptors (Lipinski definition) is 4. The van der Waals surface area contributed by atoms with Gasteiger partial charge in [-0.05, 0) is 32.7 Å². The van der Waals surface area contributed by atoms with E-state index in [0.29, 0.717) is 0 Å². The first-order valence-corrected chi connectivity index (χ1v) is 6.49. The molecule has 0 atom stereocenters. The van der Waals surface area contributed by atoms with Gasteiger partial charge in [0.05, 0.1) is 6.42 Å². The molecule has 19 heavy (non-hydrogen) atoms. The van der Waals surface area contributed by atoms with Gasteiger partial charge in [-0.1, -0.05) is 11.6 Å². The van der Waals surface area contributed by atoms with Crippen molar-refractivity contribution in [2.75, 3.05) is 7.05 Å². The topological polar surface area (TPSA) is 28.0 Å². The van der Waals surface area contributed by atoms with Crippen molar-refractivity contribution in [2.24, 2.45) is 9.50 Å². The van der Waals surface area contributed by atoms with Crippen molar-refractivity contribution in [3.63, 3.8) is 0 Å². The van der Waals surface area contributed by atoms with Crippen LogP contribution in [0.1, 0.15) is 27.2 Å². The van der Waals surface area contributed by atoms with Gasteiger partial charge >= 0.3 is 6.18 Å². The number of rotatable bonds is 5. The SMILES string of the molecule is C=NN(C)/C(Cl)=C(/C=NSC(C)(C)C)CC(F)(F)F. The van der Waals surface area contributed by atoms with Gasteiger partial charge in [0.15, 0.2) is 0 Å². The second-order valence-corrected chi connectivity index (χ2v) is 6.69. The normalized spacial score (nSPS) is 14.5. The third kappa shape index (κ3) is 8.93. The molecule has 0 heterocycles. The largest absolute Gasteiger partial charge is 0.393 e.